The van der Waals surface area contributed by atoms with E-state index in [1.807, 2.05) is 73.7 Å². The second-order valence-corrected chi connectivity index (χ2v) is 8.12. The van der Waals surface area contributed by atoms with E-state index in [0.717, 1.165) is 16.8 Å². The molecule has 4 aromatic rings. The van der Waals surface area contributed by atoms with Crippen molar-refractivity contribution < 1.29 is 4.79 Å². The van der Waals surface area contributed by atoms with Gasteiger partial charge in [-0.05, 0) is 37.1 Å². The van der Waals surface area contributed by atoms with Gasteiger partial charge in [0.2, 0.25) is 0 Å². The third kappa shape index (κ3) is 4.36. The van der Waals surface area contributed by atoms with Gasteiger partial charge in [0.25, 0.3) is 5.91 Å². The maximum atomic E-state index is 14.0. The number of carbonyl (C=O) groups excluding carboxylic acids is 1. The van der Waals surface area contributed by atoms with Gasteiger partial charge in [0, 0.05) is 28.0 Å². The molecule has 1 heterocycles. The third-order valence-electron chi connectivity index (χ3n) is 5.36. The SMILES string of the molecule is Cc1cc(=O)c(C(=O)N(Cc2ccccc2)c2ccccc2C)c(-c2ccccc2Cl)[nH]1. The molecule has 5 heteroatoms. The highest BCUT2D eigenvalue weighted by Crippen LogP contribution is 2.30. The lowest BCUT2D eigenvalue weighted by Crippen LogP contribution is -2.35. The first-order valence-electron chi connectivity index (χ1n) is 10.4. The van der Waals surface area contributed by atoms with Gasteiger partial charge in [-0.2, -0.15) is 0 Å². The van der Waals surface area contributed by atoms with Crippen LogP contribution in [0.3, 0.4) is 0 Å². The summed E-state index contributed by atoms with van der Waals surface area (Å²) < 4.78 is 0. The van der Waals surface area contributed by atoms with Gasteiger partial charge in [-0.25, -0.2) is 0 Å². The Morgan fingerprint density at radius 2 is 1.56 bits per heavy atom. The minimum Gasteiger partial charge on any atom is -0.358 e. The zero-order valence-corrected chi connectivity index (χ0v) is 18.7. The molecule has 4 rings (SSSR count). The van der Waals surface area contributed by atoms with Crippen LogP contribution in [0.1, 0.15) is 27.2 Å². The molecule has 0 aliphatic rings. The van der Waals surface area contributed by atoms with Crippen LogP contribution >= 0.6 is 11.6 Å². The van der Waals surface area contributed by atoms with E-state index in [2.05, 4.69) is 4.98 Å². The molecule has 0 aliphatic heterocycles. The minimum absolute atomic E-state index is 0.0721. The molecule has 1 aromatic heterocycles. The van der Waals surface area contributed by atoms with E-state index in [1.165, 1.54) is 6.07 Å². The number of hydrogen-bond acceptors (Lipinski definition) is 2. The average Bonchev–Trinajstić information content (AvgIpc) is 2.78. The summed E-state index contributed by atoms with van der Waals surface area (Å²) in [6.07, 6.45) is 0. The smallest absolute Gasteiger partial charge is 0.264 e. The van der Waals surface area contributed by atoms with Crippen molar-refractivity contribution in [2.24, 2.45) is 0 Å². The lowest BCUT2D eigenvalue weighted by atomic mass is 10.0. The molecular weight excluding hydrogens is 420 g/mol. The number of hydrogen-bond donors (Lipinski definition) is 1. The number of aromatic nitrogens is 1. The molecule has 1 N–H and O–H groups in total. The molecule has 160 valence electrons. The Hall–Kier alpha value is -3.63. The Bertz CT molecular complexity index is 1330. The molecule has 0 atom stereocenters. The normalized spacial score (nSPS) is 10.7. The fourth-order valence-corrected chi connectivity index (χ4v) is 4.03. The quantitative estimate of drug-likeness (QED) is 0.402. The van der Waals surface area contributed by atoms with Crippen LogP contribution in [0.4, 0.5) is 5.69 Å². The maximum absolute atomic E-state index is 14.0. The Morgan fingerprint density at radius 3 is 2.28 bits per heavy atom. The number of nitrogens with one attached hydrogen (secondary N) is 1. The molecule has 0 aliphatic carbocycles. The van der Waals surface area contributed by atoms with E-state index < -0.39 is 0 Å². The topological polar surface area (TPSA) is 53.2 Å². The van der Waals surface area contributed by atoms with Crippen molar-refractivity contribution >= 4 is 23.2 Å². The summed E-state index contributed by atoms with van der Waals surface area (Å²) in [6.45, 7) is 4.08. The average molecular weight is 443 g/mol. The number of nitrogens with zero attached hydrogens (tertiary/aromatic N) is 1. The molecule has 0 spiro atoms. The van der Waals surface area contributed by atoms with Crippen molar-refractivity contribution in [3.8, 4) is 11.3 Å². The summed E-state index contributed by atoms with van der Waals surface area (Å²) in [7, 11) is 0. The van der Waals surface area contributed by atoms with Crippen LogP contribution in [0.25, 0.3) is 11.3 Å². The van der Waals surface area contributed by atoms with Crippen LogP contribution in [-0.2, 0) is 6.54 Å². The fraction of sp³-hybridized carbons (Fsp3) is 0.111. The first kappa shape index (κ1) is 21.6. The predicted octanol–water partition coefficient (Wildman–Crippen LogP) is 6.16. The van der Waals surface area contributed by atoms with E-state index in [-0.39, 0.29) is 16.9 Å². The molecule has 0 fully saturated rings. The molecule has 3 aromatic carbocycles. The molecule has 32 heavy (non-hydrogen) atoms. The van der Waals surface area contributed by atoms with E-state index in [9.17, 15) is 9.59 Å². The fourth-order valence-electron chi connectivity index (χ4n) is 3.80. The minimum atomic E-state index is -0.376. The van der Waals surface area contributed by atoms with Gasteiger partial charge in [-0.15, -0.1) is 0 Å². The Morgan fingerprint density at radius 1 is 0.906 bits per heavy atom. The third-order valence-corrected chi connectivity index (χ3v) is 5.69. The van der Waals surface area contributed by atoms with Crippen LogP contribution in [0.5, 0.6) is 0 Å². The Kier molecular flexibility index (Phi) is 6.24. The highest BCUT2D eigenvalue weighted by Gasteiger charge is 2.26. The molecule has 0 saturated carbocycles. The Labute approximate surface area is 192 Å². The standard InChI is InChI=1S/C27H23ClN2O2/c1-18-10-6-9-15-23(18)30(17-20-11-4-3-5-12-20)27(32)25-24(31)16-19(2)29-26(25)21-13-7-8-14-22(21)28/h3-16H,17H2,1-2H3,(H,29,31). The summed E-state index contributed by atoms with van der Waals surface area (Å²) in [4.78, 5) is 32.0. The summed E-state index contributed by atoms with van der Waals surface area (Å²) >= 11 is 6.44. The van der Waals surface area contributed by atoms with E-state index in [1.54, 1.807) is 24.0 Å². The second kappa shape index (κ2) is 9.25. The molecule has 0 radical (unpaired) electrons. The molecule has 0 unspecified atom stereocenters. The lowest BCUT2D eigenvalue weighted by molar-refractivity contribution is 0.0984. The van der Waals surface area contributed by atoms with E-state index >= 15 is 0 Å². The molecule has 0 saturated heterocycles. The van der Waals surface area contributed by atoms with Crippen LogP contribution in [0.15, 0.2) is 89.7 Å². The monoisotopic (exact) mass is 442 g/mol. The van der Waals surface area contributed by atoms with Crippen molar-refractivity contribution in [2.75, 3.05) is 4.90 Å². The van der Waals surface area contributed by atoms with Gasteiger partial charge >= 0.3 is 0 Å². The number of carbonyl (C=O) groups is 1. The summed E-state index contributed by atoms with van der Waals surface area (Å²) in [6, 6.07) is 26.1. The van der Waals surface area contributed by atoms with Crippen molar-refractivity contribution in [3.63, 3.8) is 0 Å². The number of aromatic amines is 1. The first-order chi connectivity index (χ1) is 15.5. The Balaban J connectivity index is 1.91. The van der Waals surface area contributed by atoms with Crippen LogP contribution in [0, 0.1) is 13.8 Å². The van der Waals surface area contributed by atoms with Crippen molar-refractivity contribution in [3.05, 3.63) is 123 Å². The molecular formula is C27H23ClN2O2. The molecule has 1 amide bonds. The summed E-state index contributed by atoms with van der Waals surface area (Å²) in [5.74, 6) is -0.376. The number of H-pyrrole nitrogens is 1. The zero-order valence-electron chi connectivity index (χ0n) is 17.9. The van der Waals surface area contributed by atoms with Crippen LogP contribution in [0.2, 0.25) is 5.02 Å². The maximum Gasteiger partial charge on any atom is 0.264 e. The van der Waals surface area contributed by atoms with Gasteiger partial charge in [0.1, 0.15) is 5.56 Å². The van der Waals surface area contributed by atoms with Gasteiger partial charge in [0.05, 0.1) is 12.2 Å². The number of para-hydroxylation sites is 1. The highest BCUT2D eigenvalue weighted by molar-refractivity contribution is 6.33. The highest BCUT2D eigenvalue weighted by atomic mass is 35.5. The first-order valence-corrected chi connectivity index (χ1v) is 10.7. The number of aryl methyl sites for hydroxylation is 2. The molecule has 4 nitrogen and oxygen atoms in total. The zero-order chi connectivity index (χ0) is 22.7. The van der Waals surface area contributed by atoms with E-state index in [0.29, 0.717) is 28.5 Å². The van der Waals surface area contributed by atoms with Gasteiger partial charge in [-0.3, -0.25) is 9.59 Å². The second-order valence-electron chi connectivity index (χ2n) is 7.71. The summed E-state index contributed by atoms with van der Waals surface area (Å²) in [5, 5.41) is 0.466. The largest absolute Gasteiger partial charge is 0.358 e. The van der Waals surface area contributed by atoms with Crippen molar-refractivity contribution in [2.45, 2.75) is 20.4 Å². The van der Waals surface area contributed by atoms with Gasteiger partial charge in [0.15, 0.2) is 5.43 Å². The van der Waals surface area contributed by atoms with Crippen molar-refractivity contribution in [1.82, 2.24) is 4.98 Å². The number of anilines is 1. The number of amides is 1. The van der Waals surface area contributed by atoms with Crippen LogP contribution in [-0.4, -0.2) is 10.9 Å². The number of pyridine rings is 1. The predicted molar refractivity (Wildman–Crippen MR) is 130 cm³/mol. The van der Waals surface area contributed by atoms with E-state index in [4.69, 9.17) is 11.6 Å². The lowest BCUT2D eigenvalue weighted by Gasteiger charge is -2.26. The summed E-state index contributed by atoms with van der Waals surface area (Å²) in [5.41, 5.74) is 4.10. The number of halogens is 1. The van der Waals surface area contributed by atoms with Crippen molar-refractivity contribution in [1.29, 1.82) is 0 Å². The van der Waals surface area contributed by atoms with Crippen LogP contribution < -0.4 is 10.3 Å². The number of benzene rings is 3. The molecule has 0 bridgehead atoms. The van der Waals surface area contributed by atoms with Gasteiger partial charge < -0.3 is 9.88 Å². The number of rotatable bonds is 5. The van der Waals surface area contributed by atoms with Gasteiger partial charge in [-0.1, -0.05) is 78.3 Å².